The number of nitrogens with zero attached hydrogens (tertiary/aromatic N) is 1. The van der Waals surface area contributed by atoms with Crippen molar-refractivity contribution in [1.82, 2.24) is 9.62 Å². The van der Waals surface area contributed by atoms with E-state index < -0.39 is 10.0 Å². The number of carbonyl (C=O) groups is 1. The van der Waals surface area contributed by atoms with E-state index in [0.717, 1.165) is 5.56 Å². The molecular formula is C21H24N2O5S. The second kappa shape index (κ2) is 8.42. The number of amides is 1. The fraction of sp³-hybridized carbons (Fsp3) is 0.381. The van der Waals surface area contributed by atoms with Gasteiger partial charge in [-0.15, -0.1) is 0 Å². The monoisotopic (exact) mass is 416 g/mol. The molecule has 0 aliphatic carbocycles. The van der Waals surface area contributed by atoms with Crippen LogP contribution in [0.5, 0.6) is 11.5 Å². The lowest BCUT2D eigenvalue weighted by molar-refractivity contribution is -0.126. The molecule has 0 aromatic heterocycles. The van der Waals surface area contributed by atoms with Crippen molar-refractivity contribution in [2.24, 2.45) is 5.92 Å². The zero-order valence-corrected chi connectivity index (χ0v) is 16.9. The summed E-state index contributed by atoms with van der Waals surface area (Å²) in [5.74, 6) is 0.812. The molecule has 1 amide bonds. The molecule has 2 aliphatic heterocycles. The second-order valence-electron chi connectivity index (χ2n) is 7.19. The van der Waals surface area contributed by atoms with E-state index in [1.54, 1.807) is 12.1 Å². The van der Waals surface area contributed by atoms with Gasteiger partial charge in [-0.2, -0.15) is 4.31 Å². The van der Waals surface area contributed by atoms with Crippen LogP contribution in [0.2, 0.25) is 0 Å². The molecule has 4 rings (SSSR count). The van der Waals surface area contributed by atoms with Crippen LogP contribution in [-0.4, -0.2) is 44.9 Å². The number of nitrogens with one attached hydrogen (secondary N) is 1. The maximum atomic E-state index is 13.0. The maximum absolute atomic E-state index is 13.0. The zero-order valence-electron chi connectivity index (χ0n) is 16.0. The highest BCUT2D eigenvalue weighted by atomic mass is 32.2. The van der Waals surface area contributed by atoms with Crippen molar-refractivity contribution in [3.63, 3.8) is 0 Å². The topological polar surface area (TPSA) is 84.9 Å². The van der Waals surface area contributed by atoms with Crippen LogP contribution in [0.1, 0.15) is 18.4 Å². The molecule has 2 aliphatic rings. The molecule has 0 radical (unpaired) electrons. The first-order valence-corrected chi connectivity index (χ1v) is 11.2. The Hall–Kier alpha value is -2.58. The smallest absolute Gasteiger partial charge is 0.243 e. The lowest BCUT2D eigenvalue weighted by atomic mass is 9.97. The van der Waals surface area contributed by atoms with Crippen LogP contribution < -0.4 is 14.8 Å². The third-order valence-corrected chi connectivity index (χ3v) is 7.18. The molecule has 154 valence electrons. The van der Waals surface area contributed by atoms with Gasteiger partial charge in [0.25, 0.3) is 0 Å². The second-order valence-corrected chi connectivity index (χ2v) is 9.13. The highest BCUT2D eigenvalue weighted by Crippen LogP contribution is 2.34. The summed E-state index contributed by atoms with van der Waals surface area (Å²) in [4.78, 5) is 12.6. The highest BCUT2D eigenvalue weighted by molar-refractivity contribution is 7.89. The fourth-order valence-electron chi connectivity index (χ4n) is 3.62. The fourth-order valence-corrected chi connectivity index (χ4v) is 5.11. The van der Waals surface area contributed by atoms with Crippen molar-refractivity contribution in [2.45, 2.75) is 24.3 Å². The molecule has 1 N–H and O–H groups in total. The number of ether oxygens (including phenoxy) is 2. The zero-order chi connectivity index (χ0) is 20.3. The molecule has 0 saturated carbocycles. The van der Waals surface area contributed by atoms with Gasteiger partial charge in [-0.05, 0) is 30.5 Å². The lowest BCUT2D eigenvalue weighted by Gasteiger charge is -2.30. The average Bonchev–Trinajstić information content (AvgIpc) is 2.78. The first-order chi connectivity index (χ1) is 14.0. The van der Waals surface area contributed by atoms with Gasteiger partial charge in [-0.25, -0.2) is 8.42 Å². The molecule has 1 fully saturated rings. The Morgan fingerprint density at radius 1 is 1.00 bits per heavy atom. The van der Waals surface area contributed by atoms with Gasteiger partial charge in [0.15, 0.2) is 11.5 Å². The molecule has 0 spiro atoms. The minimum atomic E-state index is -3.63. The van der Waals surface area contributed by atoms with Crippen LogP contribution in [0, 0.1) is 5.92 Å². The molecule has 0 unspecified atom stereocenters. The van der Waals surface area contributed by atoms with E-state index in [4.69, 9.17) is 9.47 Å². The van der Waals surface area contributed by atoms with Gasteiger partial charge >= 0.3 is 0 Å². The highest BCUT2D eigenvalue weighted by Gasteiger charge is 2.32. The van der Waals surface area contributed by atoms with Gasteiger partial charge in [0.2, 0.25) is 15.9 Å². The Morgan fingerprint density at radius 3 is 2.41 bits per heavy atom. The van der Waals surface area contributed by atoms with Crippen LogP contribution in [-0.2, 0) is 21.4 Å². The number of fused-ring (bicyclic) bond motifs is 1. The van der Waals surface area contributed by atoms with Gasteiger partial charge in [-0.1, -0.05) is 30.3 Å². The predicted molar refractivity (Wildman–Crippen MR) is 107 cm³/mol. The normalized spacial score (nSPS) is 17.7. The predicted octanol–water partition coefficient (Wildman–Crippen LogP) is 2.17. The van der Waals surface area contributed by atoms with Crippen LogP contribution >= 0.6 is 0 Å². The number of piperidine rings is 1. The van der Waals surface area contributed by atoms with Gasteiger partial charge in [0.1, 0.15) is 13.2 Å². The van der Waals surface area contributed by atoms with Crippen molar-refractivity contribution in [2.75, 3.05) is 26.3 Å². The van der Waals surface area contributed by atoms with Gasteiger partial charge in [-0.3, -0.25) is 4.79 Å². The number of sulfonamides is 1. The van der Waals surface area contributed by atoms with Crippen molar-refractivity contribution >= 4 is 15.9 Å². The molecule has 8 heteroatoms. The molecule has 2 aromatic rings. The molecule has 1 saturated heterocycles. The molecule has 0 atom stereocenters. The summed E-state index contributed by atoms with van der Waals surface area (Å²) in [6, 6.07) is 14.4. The third kappa shape index (κ3) is 4.38. The Kier molecular flexibility index (Phi) is 5.73. The van der Waals surface area contributed by atoms with Gasteiger partial charge in [0, 0.05) is 31.6 Å². The Bertz CT molecular complexity index is 970. The minimum Gasteiger partial charge on any atom is -0.486 e. The van der Waals surface area contributed by atoms with Crippen LogP contribution in [0.25, 0.3) is 0 Å². The molecular weight excluding hydrogens is 392 g/mol. The average molecular weight is 416 g/mol. The number of benzene rings is 2. The quantitative estimate of drug-likeness (QED) is 0.808. The van der Waals surface area contributed by atoms with E-state index in [9.17, 15) is 13.2 Å². The Morgan fingerprint density at radius 2 is 1.69 bits per heavy atom. The third-order valence-electron chi connectivity index (χ3n) is 5.29. The van der Waals surface area contributed by atoms with Crippen LogP contribution in [0.15, 0.2) is 53.4 Å². The molecule has 29 heavy (non-hydrogen) atoms. The number of hydrogen-bond donors (Lipinski definition) is 1. The molecule has 7 nitrogen and oxygen atoms in total. The summed E-state index contributed by atoms with van der Waals surface area (Å²) < 4.78 is 38.4. The summed E-state index contributed by atoms with van der Waals surface area (Å²) in [6.07, 6.45) is 1.01. The standard InChI is InChI=1S/C21H24N2O5S/c24-21(22-15-16-4-2-1-3-5-16)17-8-10-23(11-9-17)29(25,26)18-6-7-19-20(14-18)28-13-12-27-19/h1-7,14,17H,8-13,15H2,(H,22,24). The van der Waals surface area contributed by atoms with Crippen LogP contribution in [0.4, 0.5) is 0 Å². The van der Waals surface area contributed by atoms with E-state index in [-0.39, 0.29) is 16.7 Å². The SMILES string of the molecule is O=C(NCc1ccccc1)C1CCN(S(=O)(=O)c2ccc3c(c2)OCCO3)CC1. The lowest BCUT2D eigenvalue weighted by Crippen LogP contribution is -2.42. The van der Waals surface area contributed by atoms with E-state index in [1.807, 2.05) is 30.3 Å². The summed E-state index contributed by atoms with van der Waals surface area (Å²) in [7, 11) is -3.63. The number of carbonyl (C=O) groups excluding carboxylic acids is 1. The summed E-state index contributed by atoms with van der Waals surface area (Å²) >= 11 is 0. The minimum absolute atomic E-state index is 0.0229. The van der Waals surface area contributed by atoms with E-state index in [2.05, 4.69) is 5.32 Å². The first kappa shape index (κ1) is 19.7. The molecule has 2 aromatic carbocycles. The van der Waals surface area contributed by atoms with Crippen molar-refractivity contribution in [3.05, 3.63) is 54.1 Å². The first-order valence-electron chi connectivity index (χ1n) is 9.75. The van der Waals surface area contributed by atoms with Crippen LogP contribution in [0.3, 0.4) is 0 Å². The Labute approximate surface area is 170 Å². The van der Waals surface area contributed by atoms with Crippen molar-refractivity contribution in [1.29, 1.82) is 0 Å². The van der Waals surface area contributed by atoms with Gasteiger partial charge < -0.3 is 14.8 Å². The van der Waals surface area contributed by atoms with Crippen molar-refractivity contribution < 1.29 is 22.7 Å². The largest absolute Gasteiger partial charge is 0.486 e. The number of hydrogen-bond acceptors (Lipinski definition) is 5. The van der Waals surface area contributed by atoms with E-state index in [1.165, 1.54) is 10.4 Å². The summed E-state index contributed by atoms with van der Waals surface area (Å²) in [6.45, 7) is 1.98. The summed E-state index contributed by atoms with van der Waals surface area (Å²) in [5, 5.41) is 2.95. The molecule has 2 heterocycles. The van der Waals surface area contributed by atoms with Crippen molar-refractivity contribution in [3.8, 4) is 11.5 Å². The van der Waals surface area contributed by atoms with E-state index >= 15 is 0 Å². The maximum Gasteiger partial charge on any atom is 0.243 e. The molecule has 0 bridgehead atoms. The summed E-state index contributed by atoms with van der Waals surface area (Å²) in [5.41, 5.74) is 1.04. The Balaban J connectivity index is 1.35. The van der Waals surface area contributed by atoms with Gasteiger partial charge in [0.05, 0.1) is 4.90 Å². The van der Waals surface area contributed by atoms with E-state index in [0.29, 0.717) is 57.2 Å². The number of rotatable bonds is 5.